The standard InChI is InChI=1S/C11H13NO2/c1-8-5-9(6-12-10(8)14-2)11(7-13)3-4-11/h5-7H,3-4H2,1-2H3. The lowest BCUT2D eigenvalue weighted by atomic mass is 9.98. The van der Waals surface area contributed by atoms with E-state index in [4.69, 9.17) is 4.74 Å². The van der Waals surface area contributed by atoms with Gasteiger partial charge >= 0.3 is 0 Å². The van der Waals surface area contributed by atoms with Crippen molar-refractivity contribution in [2.24, 2.45) is 0 Å². The monoisotopic (exact) mass is 191 g/mol. The topological polar surface area (TPSA) is 39.2 Å². The highest BCUT2D eigenvalue weighted by atomic mass is 16.5. The van der Waals surface area contributed by atoms with Gasteiger partial charge in [0.15, 0.2) is 0 Å². The lowest BCUT2D eigenvalue weighted by molar-refractivity contribution is -0.109. The van der Waals surface area contributed by atoms with Crippen LogP contribution in [0.1, 0.15) is 24.0 Å². The van der Waals surface area contributed by atoms with Crippen molar-refractivity contribution in [1.82, 2.24) is 4.98 Å². The minimum Gasteiger partial charge on any atom is -0.481 e. The van der Waals surface area contributed by atoms with Crippen molar-refractivity contribution in [1.29, 1.82) is 0 Å². The highest BCUT2D eigenvalue weighted by Crippen LogP contribution is 2.46. The summed E-state index contributed by atoms with van der Waals surface area (Å²) in [5.41, 5.74) is 1.77. The fraction of sp³-hybridized carbons (Fsp3) is 0.455. The van der Waals surface area contributed by atoms with Crippen LogP contribution in [0.25, 0.3) is 0 Å². The largest absolute Gasteiger partial charge is 0.481 e. The van der Waals surface area contributed by atoms with Gasteiger partial charge in [0, 0.05) is 11.8 Å². The summed E-state index contributed by atoms with van der Waals surface area (Å²) in [6.07, 6.45) is 4.68. The van der Waals surface area contributed by atoms with Crippen LogP contribution < -0.4 is 4.74 Å². The Morgan fingerprint density at radius 2 is 2.29 bits per heavy atom. The number of pyridine rings is 1. The third kappa shape index (κ3) is 1.29. The molecule has 3 heteroatoms. The second-order valence-electron chi connectivity index (χ2n) is 3.82. The highest BCUT2D eigenvalue weighted by Gasteiger charge is 2.44. The summed E-state index contributed by atoms with van der Waals surface area (Å²) in [5, 5.41) is 0. The number of carbonyl (C=O) groups excluding carboxylic acids is 1. The van der Waals surface area contributed by atoms with Crippen LogP contribution in [-0.2, 0) is 10.2 Å². The van der Waals surface area contributed by atoms with E-state index in [-0.39, 0.29) is 5.41 Å². The predicted molar refractivity (Wildman–Crippen MR) is 52.5 cm³/mol. The van der Waals surface area contributed by atoms with Gasteiger partial charge in [-0.15, -0.1) is 0 Å². The van der Waals surface area contributed by atoms with Gasteiger partial charge in [0.25, 0.3) is 0 Å². The third-order valence-corrected chi connectivity index (χ3v) is 2.81. The van der Waals surface area contributed by atoms with Gasteiger partial charge in [-0.1, -0.05) is 0 Å². The zero-order chi connectivity index (χ0) is 10.2. The molecule has 1 aromatic heterocycles. The van der Waals surface area contributed by atoms with Crippen LogP contribution in [-0.4, -0.2) is 18.4 Å². The summed E-state index contributed by atoms with van der Waals surface area (Å²) in [5.74, 6) is 0.635. The van der Waals surface area contributed by atoms with Gasteiger partial charge in [0.05, 0.1) is 12.5 Å². The maximum atomic E-state index is 10.9. The van der Waals surface area contributed by atoms with Crippen molar-refractivity contribution in [2.45, 2.75) is 25.2 Å². The zero-order valence-corrected chi connectivity index (χ0v) is 8.41. The summed E-state index contributed by atoms with van der Waals surface area (Å²) in [4.78, 5) is 15.1. The van der Waals surface area contributed by atoms with Crippen molar-refractivity contribution in [3.8, 4) is 5.88 Å². The molecule has 0 aliphatic heterocycles. The predicted octanol–water partition coefficient (Wildman–Crippen LogP) is 1.63. The summed E-state index contributed by atoms with van der Waals surface area (Å²) in [6.45, 7) is 1.94. The number of aldehydes is 1. The molecule has 74 valence electrons. The van der Waals surface area contributed by atoms with E-state index in [1.165, 1.54) is 0 Å². The Bertz CT molecular complexity index is 370. The molecule has 1 heterocycles. The van der Waals surface area contributed by atoms with Gasteiger partial charge in [-0.05, 0) is 31.4 Å². The second kappa shape index (κ2) is 3.08. The van der Waals surface area contributed by atoms with Gasteiger partial charge in [-0.3, -0.25) is 0 Å². The first kappa shape index (κ1) is 9.19. The molecule has 0 saturated heterocycles. The van der Waals surface area contributed by atoms with Gasteiger partial charge in [-0.2, -0.15) is 0 Å². The molecule has 0 bridgehead atoms. The third-order valence-electron chi connectivity index (χ3n) is 2.81. The lowest BCUT2D eigenvalue weighted by Gasteiger charge is -2.09. The molecule has 14 heavy (non-hydrogen) atoms. The van der Waals surface area contributed by atoms with Crippen LogP contribution in [0.2, 0.25) is 0 Å². The Balaban J connectivity index is 2.38. The van der Waals surface area contributed by atoms with Crippen molar-refractivity contribution in [3.63, 3.8) is 0 Å². The minimum atomic E-state index is -0.232. The molecule has 0 N–H and O–H groups in total. The number of hydrogen-bond donors (Lipinski definition) is 0. The summed E-state index contributed by atoms with van der Waals surface area (Å²) >= 11 is 0. The first-order chi connectivity index (χ1) is 6.72. The average Bonchev–Trinajstić information content (AvgIpc) is 2.98. The molecule has 0 amide bonds. The van der Waals surface area contributed by atoms with Gasteiger partial charge in [-0.25, -0.2) is 4.98 Å². The highest BCUT2D eigenvalue weighted by molar-refractivity contribution is 5.73. The summed E-state index contributed by atoms with van der Waals surface area (Å²) in [6, 6.07) is 1.99. The smallest absolute Gasteiger partial charge is 0.215 e. The molecule has 1 saturated carbocycles. The lowest BCUT2D eigenvalue weighted by Crippen LogP contribution is -2.09. The zero-order valence-electron chi connectivity index (χ0n) is 8.41. The van der Waals surface area contributed by atoms with Crippen LogP contribution in [0.15, 0.2) is 12.3 Å². The van der Waals surface area contributed by atoms with E-state index >= 15 is 0 Å². The molecule has 0 spiro atoms. The molecule has 2 rings (SSSR count). The first-order valence-electron chi connectivity index (χ1n) is 4.69. The van der Waals surface area contributed by atoms with E-state index in [0.29, 0.717) is 5.88 Å². The number of aryl methyl sites for hydroxylation is 1. The van der Waals surface area contributed by atoms with Crippen LogP contribution in [0, 0.1) is 6.92 Å². The van der Waals surface area contributed by atoms with Crippen molar-refractivity contribution < 1.29 is 9.53 Å². The first-order valence-corrected chi connectivity index (χ1v) is 4.69. The van der Waals surface area contributed by atoms with Gasteiger partial charge < -0.3 is 9.53 Å². The Morgan fingerprint density at radius 3 is 2.71 bits per heavy atom. The Morgan fingerprint density at radius 1 is 1.57 bits per heavy atom. The van der Waals surface area contributed by atoms with Gasteiger partial charge in [0.2, 0.25) is 5.88 Å². The SMILES string of the molecule is COc1ncc(C2(C=O)CC2)cc1C. The Kier molecular flexibility index (Phi) is 2.02. The van der Waals surface area contributed by atoms with Crippen LogP contribution in [0.5, 0.6) is 5.88 Å². The van der Waals surface area contributed by atoms with Crippen molar-refractivity contribution in [3.05, 3.63) is 23.4 Å². The molecule has 1 aliphatic carbocycles. The number of ether oxygens (including phenoxy) is 1. The number of aromatic nitrogens is 1. The molecule has 0 aromatic carbocycles. The van der Waals surface area contributed by atoms with E-state index in [2.05, 4.69) is 4.98 Å². The number of hydrogen-bond acceptors (Lipinski definition) is 3. The summed E-state index contributed by atoms with van der Waals surface area (Å²) < 4.78 is 5.07. The molecule has 0 unspecified atom stereocenters. The molecule has 1 aromatic rings. The average molecular weight is 191 g/mol. The number of carbonyl (C=O) groups is 1. The Hall–Kier alpha value is -1.38. The van der Waals surface area contributed by atoms with E-state index in [9.17, 15) is 4.79 Å². The Labute approximate surface area is 83.1 Å². The minimum absolute atomic E-state index is 0.232. The summed E-state index contributed by atoms with van der Waals surface area (Å²) in [7, 11) is 1.60. The normalized spacial score (nSPS) is 17.6. The quantitative estimate of drug-likeness (QED) is 0.681. The van der Waals surface area contributed by atoms with E-state index in [0.717, 1.165) is 30.3 Å². The number of nitrogens with zero attached hydrogens (tertiary/aromatic N) is 1. The molecule has 3 nitrogen and oxygen atoms in total. The number of rotatable bonds is 3. The fourth-order valence-corrected chi connectivity index (χ4v) is 1.66. The van der Waals surface area contributed by atoms with Gasteiger partial charge in [0.1, 0.15) is 6.29 Å². The van der Waals surface area contributed by atoms with Crippen LogP contribution >= 0.6 is 0 Å². The molecular weight excluding hydrogens is 178 g/mol. The molecule has 0 radical (unpaired) electrons. The van der Waals surface area contributed by atoms with E-state index < -0.39 is 0 Å². The molecule has 0 atom stereocenters. The van der Waals surface area contributed by atoms with Crippen molar-refractivity contribution in [2.75, 3.05) is 7.11 Å². The molecular formula is C11H13NO2. The molecule has 1 fully saturated rings. The maximum absolute atomic E-state index is 10.9. The van der Waals surface area contributed by atoms with Crippen LogP contribution in [0.3, 0.4) is 0 Å². The van der Waals surface area contributed by atoms with E-state index in [1.54, 1.807) is 13.3 Å². The number of methoxy groups -OCH3 is 1. The fourth-order valence-electron chi connectivity index (χ4n) is 1.66. The molecule has 1 aliphatic rings. The van der Waals surface area contributed by atoms with Crippen molar-refractivity contribution >= 4 is 6.29 Å². The van der Waals surface area contributed by atoms with E-state index in [1.807, 2.05) is 13.0 Å². The van der Waals surface area contributed by atoms with Crippen LogP contribution in [0.4, 0.5) is 0 Å². The second-order valence-corrected chi connectivity index (χ2v) is 3.82. The maximum Gasteiger partial charge on any atom is 0.215 e.